The molecule has 38 heavy (non-hydrogen) atoms. The van der Waals surface area contributed by atoms with E-state index >= 15 is 0 Å². The highest BCUT2D eigenvalue weighted by molar-refractivity contribution is 8.02. The summed E-state index contributed by atoms with van der Waals surface area (Å²) in [6.07, 6.45) is 5.00. The van der Waals surface area contributed by atoms with Crippen molar-refractivity contribution in [3.63, 3.8) is 0 Å². The van der Waals surface area contributed by atoms with Crippen LogP contribution in [0.25, 0.3) is 0 Å². The van der Waals surface area contributed by atoms with Gasteiger partial charge in [-0.15, -0.1) is 11.8 Å². The van der Waals surface area contributed by atoms with E-state index in [4.69, 9.17) is 14.2 Å². The number of hydrogen-bond donors (Lipinski definition) is 0. The Kier molecular flexibility index (Phi) is 8.85. The number of aryl methyl sites for hydroxylation is 3. The average Bonchev–Trinajstić information content (AvgIpc) is 3.29. The van der Waals surface area contributed by atoms with Gasteiger partial charge in [0.15, 0.2) is 17.7 Å². The van der Waals surface area contributed by atoms with E-state index in [-0.39, 0.29) is 18.3 Å². The van der Waals surface area contributed by atoms with Crippen LogP contribution in [0.5, 0.6) is 0 Å². The fraction of sp³-hybridized carbons (Fsp3) is 0.500. The lowest BCUT2D eigenvalue weighted by atomic mass is 9.86. The third kappa shape index (κ3) is 5.93. The normalized spacial score (nSPS) is 30.0. The Balaban J connectivity index is 1.75. The van der Waals surface area contributed by atoms with Gasteiger partial charge in [-0.3, -0.25) is 9.59 Å². The van der Waals surface area contributed by atoms with E-state index in [9.17, 15) is 9.59 Å². The van der Waals surface area contributed by atoms with Crippen molar-refractivity contribution in [3.05, 3.63) is 80.8 Å². The molecule has 0 unspecified atom stereocenters. The first-order chi connectivity index (χ1) is 18.1. The van der Waals surface area contributed by atoms with Crippen LogP contribution in [-0.2, 0) is 30.2 Å². The smallest absolute Gasteiger partial charge is 0.316 e. The Bertz CT molecular complexity index is 1210. The van der Waals surface area contributed by atoms with Gasteiger partial charge in [-0.1, -0.05) is 61.9 Å². The molecule has 4 rings (SSSR count). The molecule has 2 aliphatic heterocycles. The molecule has 204 valence electrons. The largest absolute Gasteiger partial charge is 0.457 e. The van der Waals surface area contributed by atoms with Crippen LogP contribution in [-0.4, -0.2) is 30.2 Å². The molecule has 0 radical (unpaired) electrons. The molecule has 1 spiro atoms. The van der Waals surface area contributed by atoms with Crippen LogP contribution in [0.1, 0.15) is 79.4 Å². The number of carbonyl (C=O) groups excluding carboxylic acids is 2. The molecule has 5 atom stereocenters. The number of cyclic esters (lactones) is 1. The second kappa shape index (κ2) is 11.8. The van der Waals surface area contributed by atoms with Crippen molar-refractivity contribution in [1.82, 2.24) is 0 Å². The zero-order chi connectivity index (χ0) is 27.6. The van der Waals surface area contributed by atoms with Gasteiger partial charge in [0, 0.05) is 12.0 Å². The summed E-state index contributed by atoms with van der Waals surface area (Å²) in [7, 11) is 0. The molecule has 1 saturated heterocycles. The molecule has 0 aromatic heterocycles. The Morgan fingerprint density at radius 2 is 1.76 bits per heavy atom. The minimum absolute atomic E-state index is 0.0867. The molecule has 2 aliphatic rings. The van der Waals surface area contributed by atoms with Gasteiger partial charge in [-0.05, 0) is 79.9 Å². The Labute approximate surface area is 231 Å². The van der Waals surface area contributed by atoms with Crippen molar-refractivity contribution in [2.75, 3.05) is 12.9 Å². The standard InChI is InChI=1S/C32H40O5S/c1-8-27-25-11-9-10-24(16-25)14-20(3)15-26(38-7)17-32(29(33)23(6)30(34)36-27)18-35-31(37-32)28-21(4)12-19(2)13-22(28)5/h9-13,15-16,20,23,27,31H,8,14,17-18H2,1-7H3/b26-15-/t20-,23+,27-,31+,32+/m0/s1. The van der Waals surface area contributed by atoms with Crippen molar-refractivity contribution < 1.29 is 23.8 Å². The lowest BCUT2D eigenvalue weighted by molar-refractivity contribution is -0.164. The van der Waals surface area contributed by atoms with E-state index in [1.54, 1.807) is 18.7 Å². The number of benzene rings is 2. The Morgan fingerprint density at radius 3 is 2.42 bits per heavy atom. The van der Waals surface area contributed by atoms with Crippen LogP contribution in [0, 0.1) is 32.6 Å². The molecule has 6 heteroatoms. The van der Waals surface area contributed by atoms with Gasteiger partial charge in [-0.2, -0.15) is 0 Å². The molecule has 2 aromatic carbocycles. The maximum absolute atomic E-state index is 14.1. The number of esters is 1. The van der Waals surface area contributed by atoms with E-state index in [0.717, 1.165) is 33.6 Å². The summed E-state index contributed by atoms with van der Waals surface area (Å²) in [4.78, 5) is 28.5. The van der Waals surface area contributed by atoms with Gasteiger partial charge in [0.1, 0.15) is 12.0 Å². The minimum Gasteiger partial charge on any atom is -0.457 e. The first-order valence-electron chi connectivity index (χ1n) is 13.5. The fourth-order valence-corrected chi connectivity index (χ4v) is 6.52. The topological polar surface area (TPSA) is 61.8 Å². The van der Waals surface area contributed by atoms with Gasteiger partial charge in [0.05, 0.1) is 6.61 Å². The SMILES string of the molecule is CC[C@@H]1OC(=O)[C@H](C)C(=O)[C@]2(CO[C@@H](c3c(C)cc(C)cc3C)O2)C/C(SC)=C/[C@@H](C)Cc2cccc1c2. The number of fused-ring (bicyclic) bond motifs is 2. The minimum atomic E-state index is -1.28. The van der Waals surface area contributed by atoms with E-state index < -0.39 is 29.9 Å². The predicted octanol–water partition coefficient (Wildman–Crippen LogP) is 7.12. The molecule has 1 fully saturated rings. The summed E-state index contributed by atoms with van der Waals surface area (Å²) < 4.78 is 18.8. The van der Waals surface area contributed by atoms with Gasteiger partial charge >= 0.3 is 5.97 Å². The summed E-state index contributed by atoms with van der Waals surface area (Å²) in [5, 5.41) is 0. The van der Waals surface area contributed by atoms with Crippen molar-refractivity contribution in [1.29, 1.82) is 0 Å². The summed E-state index contributed by atoms with van der Waals surface area (Å²) in [6.45, 7) is 12.0. The highest BCUT2D eigenvalue weighted by Crippen LogP contribution is 2.43. The maximum Gasteiger partial charge on any atom is 0.316 e. The van der Waals surface area contributed by atoms with Gasteiger partial charge in [0.25, 0.3) is 0 Å². The zero-order valence-corrected chi connectivity index (χ0v) is 24.4. The number of Topliss-reactive ketones (excluding diaryl/α,β-unsaturated/α-hetero) is 1. The number of carbonyl (C=O) groups is 2. The molecular formula is C32H40O5S. The number of hydrogen-bond acceptors (Lipinski definition) is 6. The van der Waals surface area contributed by atoms with Crippen LogP contribution >= 0.6 is 11.8 Å². The lowest BCUT2D eigenvalue weighted by Gasteiger charge is -2.30. The first-order valence-corrected chi connectivity index (χ1v) is 14.7. The number of ether oxygens (including phenoxy) is 3. The zero-order valence-electron chi connectivity index (χ0n) is 23.6. The second-order valence-corrected chi connectivity index (χ2v) is 11.9. The van der Waals surface area contributed by atoms with Crippen molar-refractivity contribution >= 4 is 23.5 Å². The van der Waals surface area contributed by atoms with Gasteiger partial charge in [-0.25, -0.2) is 0 Å². The summed E-state index contributed by atoms with van der Waals surface area (Å²) >= 11 is 1.62. The number of ketones is 1. The Hall–Kier alpha value is -2.41. The molecule has 0 aliphatic carbocycles. The quantitative estimate of drug-likeness (QED) is 0.307. The highest BCUT2D eigenvalue weighted by atomic mass is 32.2. The third-order valence-electron chi connectivity index (χ3n) is 7.67. The maximum atomic E-state index is 14.1. The average molecular weight is 537 g/mol. The van der Waals surface area contributed by atoms with Crippen LogP contribution in [0.15, 0.2) is 47.4 Å². The molecule has 0 saturated carbocycles. The predicted molar refractivity (Wildman–Crippen MR) is 152 cm³/mol. The summed E-state index contributed by atoms with van der Waals surface area (Å²) in [6, 6.07) is 12.4. The molecule has 5 nitrogen and oxygen atoms in total. The lowest BCUT2D eigenvalue weighted by Crippen LogP contribution is -2.47. The van der Waals surface area contributed by atoms with E-state index in [1.807, 2.05) is 39.2 Å². The van der Waals surface area contributed by atoms with Crippen LogP contribution < -0.4 is 0 Å². The van der Waals surface area contributed by atoms with Crippen molar-refractivity contribution in [2.45, 2.75) is 78.8 Å². The van der Waals surface area contributed by atoms with Crippen molar-refractivity contribution in [3.8, 4) is 0 Å². The van der Waals surface area contributed by atoms with E-state index in [2.05, 4.69) is 44.2 Å². The van der Waals surface area contributed by atoms with Crippen LogP contribution in [0.4, 0.5) is 0 Å². The van der Waals surface area contributed by atoms with Crippen LogP contribution in [0.3, 0.4) is 0 Å². The molecule has 0 amide bonds. The molecule has 2 bridgehead atoms. The molecule has 2 aromatic rings. The monoisotopic (exact) mass is 536 g/mol. The van der Waals surface area contributed by atoms with Crippen molar-refractivity contribution in [2.24, 2.45) is 11.8 Å². The number of rotatable bonds is 3. The fourth-order valence-electron chi connectivity index (χ4n) is 5.78. The molecule has 2 heterocycles. The van der Waals surface area contributed by atoms with Crippen LogP contribution in [0.2, 0.25) is 0 Å². The second-order valence-electron chi connectivity index (χ2n) is 10.9. The number of allylic oxidation sites excluding steroid dienone is 1. The highest BCUT2D eigenvalue weighted by Gasteiger charge is 2.52. The number of thioether (sulfide) groups is 1. The van der Waals surface area contributed by atoms with E-state index in [0.29, 0.717) is 12.8 Å². The van der Waals surface area contributed by atoms with Gasteiger partial charge in [0.2, 0.25) is 0 Å². The summed E-state index contributed by atoms with van der Waals surface area (Å²) in [5.41, 5.74) is 5.11. The van der Waals surface area contributed by atoms with E-state index in [1.165, 1.54) is 11.1 Å². The molecular weight excluding hydrogens is 496 g/mol. The van der Waals surface area contributed by atoms with Gasteiger partial charge < -0.3 is 14.2 Å². The third-order valence-corrected chi connectivity index (χ3v) is 8.48. The molecule has 0 N–H and O–H groups in total. The Morgan fingerprint density at radius 1 is 1.05 bits per heavy atom. The summed E-state index contributed by atoms with van der Waals surface area (Å²) in [5.74, 6) is -1.55. The first kappa shape index (κ1) is 28.6.